The molecule has 0 fully saturated rings. The highest BCUT2D eigenvalue weighted by atomic mass is 79.9. The molecule has 0 saturated carbocycles. The van der Waals surface area contributed by atoms with Gasteiger partial charge in [0.1, 0.15) is 6.33 Å². The van der Waals surface area contributed by atoms with Crippen molar-refractivity contribution in [2.45, 2.75) is 45.6 Å². The van der Waals surface area contributed by atoms with Gasteiger partial charge in [-0.25, -0.2) is 15.0 Å². The van der Waals surface area contributed by atoms with E-state index < -0.39 is 0 Å². The molecule has 4 rings (SSSR count). The van der Waals surface area contributed by atoms with Gasteiger partial charge in [0.25, 0.3) is 0 Å². The number of carbonyl (C=O) groups excluding carboxylic acids is 1. The second-order valence-corrected chi connectivity index (χ2v) is 8.72. The molecule has 0 atom stereocenters. The highest BCUT2D eigenvalue weighted by Crippen LogP contribution is 2.28. The number of rotatable bonds is 10. The SMILES string of the molecule is CCCCCCC(=O)c1ccc(Br)cc1Nc1ncnc2c1ncn2Cc1ccccc1. The minimum Gasteiger partial charge on any atom is -0.338 e. The highest BCUT2D eigenvalue weighted by Gasteiger charge is 2.16. The number of nitrogens with zero attached hydrogens (tertiary/aromatic N) is 4. The Morgan fingerprint density at radius 3 is 2.69 bits per heavy atom. The Bertz CT molecular complexity index is 1210. The van der Waals surface area contributed by atoms with Crippen molar-refractivity contribution in [3.63, 3.8) is 0 Å². The van der Waals surface area contributed by atoms with E-state index in [0.717, 1.165) is 41.5 Å². The number of imidazole rings is 1. The number of halogens is 1. The van der Waals surface area contributed by atoms with Crippen LogP contribution in [0.2, 0.25) is 0 Å². The fourth-order valence-electron chi connectivity index (χ4n) is 3.71. The Kier molecular flexibility index (Phi) is 7.27. The van der Waals surface area contributed by atoms with Gasteiger partial charge in [0.15, 0.2) is 22.8 Å². The lowest BCUT2D eigenvalue weighted by atomic mass is 10.0. The van der Waals surface area contributed by atoms with Crippen molar-refractivity contribution in [2.75, 3.05) is 5.32 Å². The number of benzene rings is 2. The van der Waals surface area contributed by atoms with Gasteiger partial charge in [0.05, 0.1) is 18.6 Å². The first kappa shape index (κ1) is 22.1. The van der Waals surface area contributed by atoms with Crippen molar-refractivity contribution in [2.24, 2.45) is 0 Å². The van der Waals surface area contributed by atoms with Crippen LogP contribution < -0.4 is 5.32 Å². The normalized spacial score (nSPS) is 11.1. The molecule has 6 nitrogen and oxygen atoms in total. The maximum Gasteiger partial charge on any atom is 0.165 e. The van der Waals surface area contributed by atoms with E-state index in [2.05, 4.69) is 55.3 Å². The fraction of sp³-hybridized carbons (Fsp3) is 0.280. The number of aromatic nitrogens is 4. The monoisotopic (exact) mass is 491 g/mol. The maximum atomic E-state index is 12.9. The zero-order chi connectivity index (χ0) is 22.3. The molecule has 0 amide bonds. The topological polar surface area (TPSA) is 72.7 Å². The standard InChI is InChI=1S/C25H26BrN5O/c1-2-3-4-8-11-22(32)20-13-12-19(26)14-21(20)30-24-23-25(28-16-27-24)31(17-29-23)15-18-9-6-5-7-10-18/h5-7,9-10,12-14,16-17H,2-4,8,11,15H2,1H3,(H,27,28,30). The molecule has 2 heterocycles. The Labute approximate surface area is 196 Å². The third kappa shape index (κ3) is 5.22. The molecule has 0 spiro atoms. The molecule has 7 heteroatoms. The van der Waals surface area contributed by atoms with Crippen LogP contribution in [-0.4, -0.2) is 25.3 Å². The molecule has 4 aromatic rings. The predicted molar refractivity (Wildman–Crippen MR) is 131 cm³/mol. The Hall–Kier alpha value is -3.06. The van der Waals surface area contributed by atoms with Gasteiger partial charge >= 0.3 is 0 Å². The zero-order valence-corrected chi connectivity index (χ0v) is 19.7. The van der Waals surface area contributed by atoms with Crippen LogP contribution in [0.4, 0.5) is 11.5 Å². The third-order valence-electron chi connectivity index (χ3n) is 5.39. The highest BCUT2D eigenvalue weighted by molar-refractivity contribution is 9.10. The zero-order valence-electron chi connectivity index (χ0n) is 18.1. The molecule has 0 saturated heterocycles. The van der Waals surface area contributed by atoms with Gasteiger partial charge in [0.2, 0.25) is 0 Å². The second kappa shape index (κ2) is 10.5. The summed E-state index contributed by atoms with van der Waals surface area (Å²) in [6, 6.07) is 15.9. The van der Waals surface area contributed by atoms with Crippen molar-refractivity contribution in [1.29, 1.82) is 0 Å². The van der Waals surface area contributed by atoms with Gasteiger partial charge < -0.3 is 9.88 Å². The van der Waals surface area contributed by atoms with E-state index in [1.54, 1.807) is 6.33 Å². The van der Waals surface area contributed by atoms with Gasteiger partial charge in [0, 0.05) is 16.5 Å². The summed E-state index contributed by atoms with van der Waals surface area (Å²) < 4.78 is 2.89. The summed E-state index contributed by atoms with van der Waals surface area (Å²) >= 11 is 3.52. The molecule has 0 bridgehead atoms. The van der Waals surface area contributed by atoms with Crippen molar-refractivity contribution < 1.29 is 4.79 Å². The average molecular weight is 492 g/mol. The number of anilines is 2. The molecule has 2 aromatic carbocycles. The van der Waals surface area contributed by atoms with Gasteiger partial charge in [-0.05, 0) is 30.2 Å². The Morgan fingerprint density at radius 1 is 1.03 bits per heavy atom. The quantitative estimate of drug-likeness (QED) is 0.201. The van der Waals surface area contributed by atoms with E-state index in [9.17, 15) is 4.79 Å². The van der Waals surface area contributed by atoms with Crippen LogP contribution in [0.5, 0.6) is 0 Å². The van der Waals surface area contributed by atoms with Gasteiger partial charge in [-0.1, -0.05) is 72.4 Å². The molecule has 0 radical (unpaired) electrons. The smallest absolute Gasteiger partial charge is 0.165 e. The lowest BCUT2D eigenvalue weighted by Crippen LogP contribution is -2.06. The molecule has 0 unspecified atom stereocenters. The summed E-state index contributed by atoms with van der Waals surface area (Å²) in [5.41, 5.74) is 3.97. The number of nitrogens with one attached hydrogen (secondary N) is 1. The summed E-state index contributed by atoms with van der Waals surface area (Å²) in [7, 11) is 0. The Balaban J connectivity index is 1.59. The van der Waals surface area contributed by atoms with Crippen molar-refractivity contribution in [3.8, 4) is 0 Å². The summed E-state index contributed by atoms with van der Waals surface area (Å²) in [4.78, 5) is 26.3. The molecule has 2 aromatic heterocycles. The van der Waals surface area contributed by atoms with E-state index in [4.69, 9.17) is 0 Å². The number of ketones is 1. The van der Waals surface area contributed by atoms with E-state index in [0.29, 0.717) is 29.9 Å². The number of unbranched alkanes of at least 4 members (excludes halogenated alkanes) is 3. The van der Waals surface area contributed by atoms with Crippen LogP contribution in [0.3, 0.4) is 0 Å². The van der Waals surface area contributed by atoms with E-state index in [1.807, 2.05) is 41.0 Å². The fourth-order valence-corrected chi connectivity index (χ4v) is 4.07. The molecular weight excluding hydrogens is 466 g/mol. The number of fused-ring (bicyclic) bond motifs is 1. The van der Waals surface area contributed by atoms with Crippen molar-refractivity contribution >= 4 is 44.4 Å². The largest absolute Gasteiger partial charge is 0.338 e. The Morgan fingerprint density at radius 2 is 1.88 bits per heavy atom. The van der Waals surface area contributed by atoms with Gasteiger partial charge in [-0.15, -0.1) is 0 Å². The summed E-state index contributed by atoms with van der Waals surface area (Å²) in [5.74, 6) is 0.718. The van der Waals surface area contributed by atoms with Crippen molar-refractivity contribution in [1.82, 2.24) is 19.5 Å². The lowest BCUT2D eigenvalue weighted by Gasteiger charge is -2.12. The minimum atomic E-state index is 0.135. The van der Waals surface area contributed by atoms with Crippen LogP contribution >= 0.6 is 15.9 Å². The van der Waals surface area contributed by atoms with Crippen LogP contribution in [-0.2, 0) is 6.54 Å². The first-order valence-corrected chi connectivity index (χ1v) is 11.7. The van der Waals surface area contributed by atoms with Crippen LogP contribution in [0, 0.1) is 0 Å². The molecule has 0 aliphatic rings. The summed E-state index contributed by atoms with van der Waals surface area (Å²) in [6.07, 6.45) is 8.14. The van der Waals surface area contributed by atoms with E-state index in [1.165, 1.54) is 11.9 Å². The van der Waals surface area contributed by atoms with Crippen LogP contribution in [0.15, 0.2) is 65.7 Å². The predicted octanol–water partition coefficient (Wildman–Crippen LogP) is 6.53. The average Bonchev–Trinajstić information content (AvgIpc) is 3.21. The third-order valence-corrected chi connectivity index (χ3v) is 5.88. The number of Topliss-reactive ketones (excluding diaryl/α,β-unsaturated/α-hetero) is 1. The van der Waals surface area contributed by atoms with E-state index in [-0.39, 0.29) is 5.78 Å². The molecule has 32 heavy (non-hydrogen) atoms. The molecule has 164 valence electrons. The van der Waals surface area contributed by atoms with Crippen LogP contribution in [0.1, 0.15) is 54.9 Å². The molecule has 1 N–H and O–H groups in total. The molecule has 0 aliphatic heterocycles. The number of hydrogen-bond donors (Lipinski definition) is 1. The minimum absolute atomic E-state index is 0.135. The lowest BCUT2D eigenvalue weighted by molar-refractivity contribution is 0.0980. The first-order valence-electron chi connectivity index (χ1n) is 10.9. The van der Waals surface area contributed by atoms with Gasteiger partial charge in [-0.3, -0.25) is 4.79 Å². The van der Waals surface area contributed by atoms with Crippen molar-refractivity contribution in [3.05, 3.63) is 76.8 Å². The molecular formula is C25H26BrN5O. The first-order chi connectivity index (χ1) is 15.7. The molecule has 0 aliphatic carbocycles. The van der Waals surface area contributed by atoms with Gasteiger partial charge in [-0.2, -0.15) is 0 Å². The summed E-state index contributed by atoms with van der Waals surface area (Å²) in [6.45, 7) is 2.84. The maximum absolute atomic E-state index is 12.9. The number of carbonyl (C=O) groups is 1. The number of hydrogen-bond acceptors (Lipinski definition) is 5. The van der Waals surface area contributed by atoms with E-state index >= 15 is 0 Å². The van der Waals surface area contributed by atoms with Crippen LogP contribution in [0.25, 0.3) is 11.2 Å². The summed E-state index contributed by atoms with van der Waals surface area (Å²) in [5, 5.41) is 3.34. The second-order valence-electron chi connectivity index (χ2n) is 7.80.